The molecule has 3 fully saturated rings. The number of benzene rings is 1. The highest BCUT2D eigenvalue weighted by atomic mass is 16.2. The second-order valence-electron chi connectivity index (χ2n) is 8.12. The van der Waals surface area contributed by atoms with Gasteiger partial charge in [-0.15, -0.1) is 0 Å². The molecule has 2 bridgehead atoms. The average molecular weight is 368 g/mol. The van der Waals surface area contributed by atoms with E-state index in [1.165, 1.54) is 12.8 Å². The largest absolute Gasteiger partial charge is 0.322 e. The quantitative estimate of drug-likeness (QED) is 0.671. The Labute approximate surface area is 157 Å². The summed E-state index contributed by atoms with van der Waals surface area (Å²) in [7, 11) is 0. The molecule has 4 heterocycles. The maximum atomic E-state index is 13.1. The topological polar surface area (TPSA) is 90.5 Å². The van der Waals surface area contributed by atoms with E-state index in [9.17, 15) is 14.4 Å². The van der Waals surface area contributed by atoms with E-state index in [1.54, 1.807) is 4.90 Å². The van der Waals surface area contributed by atoms with Crippen molar-refractivity contribution in [2.45, 2.75) is 69.4 Å². The van der Waals surface area contributed by atoms with Crippen LogP contribution in [0.2, 0.25) is 0 Å². The first kappa shape index (κ1) is 16.9. The molecular weight excluding hydrogens is 344 g/mol. The molecule has 0 aliphatic carbocycles. The first-order chi connectivity index (χ1) is 13.1. The van der Waals surface area contributed by atoms with E-state index in [4.69, 9.17) is 0 Å². The summed E-state index contributed by atoms with van der Waals surface area (Å²) in [5.74, 6) is -0.715. The lowest BCUT2D eigenvalue weighted by molar-refractivity contribution is -0.136. The number of fused-ring (bicyclic) bond motifs is 3. The fourth-order valence-electron chi connectivity index (χ4n) is 5.13. The van der Waals surface area contributed by atoms with Gasteiger partial charge in [-0.25, -0.2) is 0 Å². The van der Waals surface area contributed by atoms with Gasteiger partial charge >= 0.3 is 0 Å². The molecule has 4 aliphatic rings. The van der Waals surface area contributed by atoms with Crippen LogP contribution in [0.15, 0.2) is 18.2 Å². The standard InChI is InChI=1S/C20H24N4O3/c25-17-7-6-16(19(26)23-17)24-10-12-3-1-2-11(18(12)20(24)27)9-21-15-8-13-4-5-14(15)22-13/h1-3,13-16,21-22H,4-10H2,(H,23,25,26)/t13-,14+,15+,16?/m0/s1. The number of carbonyl (C=O) groups excluding carboxylic acids is 3. The Balaban J connectivity index is 1.32. The Kier molecular flexibility index (Phi) is 4.02. The number of rotatable bonds is 4. The third-order valence-electron chi connectivity index (χ3n) is 6.49. The van der Waals surface area contributed by atoms with Crippen LogP contribution in [0, 0.1) is 0 Å². The van der Waals surface area contributed by atoms with Crippen LogP contribution < -0.4 is 16.0 Å². The minimum absolute atomic E-state index is 0.0945. The average Bonchev–Trinajstić information content (AvgIpc) is 3.35. The third kappa shape index (κ3) is 2.85. The van der Waals surface area contributed by atoms with Gasteiger partial charge in [0.1, 0.15) is 6.04 Å². The Morgan fingerprint density at radius 2 is 2.04 bits per heavy atom. The van der Waals surface area contributed by atoms with E-state index in [-0.39, 0.29) is 24.1 Å². The monoisotopic (exact) mass is 368 g/mol. The molecule has 0 aromatic heterocycles. The van der Waals surface area contributed by atoms with Gasteiger partial charge in [0, 0.05) is 43.2 Å². The Morgan fingerprint density at radius 1 is 1.15 bits per heavy atom. The van der Waals surface area contributed by atoms with Gasteiger partial charge in [-0.3, -0.25) is 19.7 Å². The van der Waals surface area contributed by atoms with Crippen molar-refractivity contribution in [2.75, 3.05) is 0 Å². The van der Waals surface area contributed by atoms with Crippen molar-refractivity contribution in [1.82, 2.24) is 20.9 Å². The second-order valence-corrected chi connectivity index (χ2v) is 8.12. The summed E-state index contributed by atoms with van der Waals surface area (Å²) in [4.78, 5) is 38.3. The minimum atomic E-state index is -0.557. The van der Waals surface area contributed by atoms with Crippen LogP contribution in [0.4, 0.5) is 0 Å². The molecule has 0 radical (unpaired) electrons. The molecule has 3 amide bonds. The van der Waals surface area contributed by atoms with E-state index in [1.807, 2.05) is 18.2 Å². The maximum absolute atomic E-state index is 13.1. The van der Waals surface area contributed by atoms with E-state index in [0.29, 0.717) is 37.6 Å². The molecule has 3 saturated heterocycles. The second kappa shape index (κ2) is 6.42. The lowest BCUT2D eigenvalue weighted by Crippen LogP contribution is -2.52. The van der Waals surface area contributed by atoms with Crippen molar-refractivity contribution in [3.63, 3.8) is 0 Å². The van der Waals surface area contributed by atoms with Crippen LogP contribution in [-0.2, 0) is 22.7 Å². The Hall–Kier alpha value is -2.25. The summed E-state index contributed by atoms with van der Waals surface area (Å²) >= 11 is 0. The Bertz CT molecular complexity index is 823. The van der Waals surface area contributed by atoms with Crippen LogP contribution in [-0.4, -0.2) is 46.8 Å². The molecular formula is C20H24N4O3. The van der Waals surface area contributed by atoms with Gasteiger partial charge in [-0.1, -0.05) is 18.2 Å². The van der Waals surface area contributed by atoms with Gasteiger partial charge in [-0.05, 0) is 36.8 Å². The summed E-state index contributed by atoms with van der Waals surface area (Å²) in [6.07, 6.45) is 4.31. The molecule has 1 aromatic rings. The summed E-state index contributed by atoms with van der Waals surface area (Å²) in [5.41, 5.74) is 2.69. The number of hydrogen-bond acceptors (Lipinski definition) is 5. The van der Waals surface area contributed by atoms with Gasteiger partial charge in [0.05, 0.1) is 0 Å². The van der Waals surface area contributed by atoms with Crippen LogP contribution in [0.1, 0.15) is 53.6 Å². The summed E-state index contributed by atoms with van der Waals surface area (Å²) in [6, 6.07) is 7.03. The Morgan fingerprint density at radius 3 is 2.78 bits per heavy atom. The van der Waals surface area contributed by atoms with Crippen LogP contribution in [0.3, 0.4) is 0 Å². The number of carbonyl (C=O) groups is 3. The molecule has 4 atom stereocenters. The molecule has 7 heteroatoms. The fraction of sp³-hybridized carbons (Fsp3) is 0.550. The van der Waals surface area contributed by atoms with Crippen molar-refractivity contribution in [2.24, 2.45) is 0 Å². The van der Waals surface area contributed by atoms with Gasteiger partial charge in [0.2, 0.25) is 11.8 Å². The van der Waals surface area contributed by atoms with Crippen LogP contribution in [0.5, 0.6) is 0 Å². The molecule has 27 heavy (non-hydrogen) atoms. The number of amides is 3. The minimum Gasteiger partial charge on any atom is -0.322 e. The molecule has 0 saturated carbocycles. The molecule has 5 rings (SSSR count). The molecule has 4 aliphatic heterocycles. The highest BCUT2D eigenvalue weighted by Gasteiger charge is 2.41. The van der Waals surface area contributed by atoms with Crippen LogP contribution in [0.25, 0.3) is 0 Å². The lowest BCUT2D eigenvalue weighted by atomic mass is 9.95. The zero-order chi connectivity index (χ0) is 18.5. The fourth-order valence-corrected chi connectivity index (χ4v) is 5.13. The lowest BCUT2D eigenvalue weighted by Gasteiger charge is -2.29. The maximum Gasteiger partial charge on any atom is 0.255 e. The van der Waals surface area contributed by atoms with E-state index >= 15 is 0 Å². The predicted octanol–water partition coefficient (Wildman–Crippen LogP) is 0.430. The van der Waals surface area contributed by atoms with Crippen molar-refractivity contribution in [3.05, 3.63) is 34.9 Å². The van der Waals surface area contributed by atoms with Crippen molar-refractivity contribution in [1.29, 1.82) is 0 Å². The summed E-state index contributed by atoms with van der Waals surface area (Å²) in [6.45, 7) is 1.09. The van der Waals surface area contributed by atoms with E-state index < -0.39 is 6.04 Å². The van der Waals surface area contributed by atoms with Gasteiger partial charge in [0.25, 0.3) is 5.91 Å². The van der Waals surface area contributed by atoms with Crippen molar-refractivity contribution < 1.29 is 14.4 Å². The summed E-state index contributed by atoms with van der Waals surface area (Å²) in [5, 5.41) is 9.61. The smallest absolute Gasteiger partial charge is 0.255 e. The highest BCUT2D eigenvalue weighted by Crippen LogP contribution is 2.31. The first-order valence-corrected chi connectivity index (χ1v) is 9.85. The number of hydrogen-bond donors (Lipinski definition) is 3. The van der Waals surface area contributed by atoms with E-state index in [0.717, 1.165) is 23.1 Å². The molecule has 1 unspecified atom stereocenters. The molecule has 0 spiro atoms. The first-order valence-electron chi connectivity index (χ1n) is 9.85. The predicted molar refractivity (Wildman–Crippen MR) is 97.7 cm³/mol. The summed E-state index contributed by atoms with van der Waals surface area (Å²) < 4.78 is 0. The normalized spacial score (nSPS) is 32.1. The number of imide groups is 1. The van der Waals surface area contributed by atoms with Crippen molar-refractivity contribution in [3.8, 4) is 0 Å². The number of piperidine rings is 1. The van der Waals surface area contributed by atoms with Gasteiger partial charge < -0.3 is 15.5 Å². The third-order valence-corrected chi connectivity index (χ3v) is 6.49. The van der Waals surface area contributed by atoms with Crippen molar-refractivity contribution >= 4 is 17.7 Å². The van der Waals surface area contributed by atoms with Gasteiger partial charge in [0.15, 0.2) is 0 Å². The van der Waals surface area contributed by atoms with Crippen LogP contribution >= 0.6 is 0 Å². The zero-order valence-electron chi connectivity index (χ0n) is 15.2. The zero-order valence-corrected chi connectivity index (χ0v) is 15.2. The molecule has 1 aromatic carbocycles. The number of nitrogens with zero attached hydrogens (tertiary/aromatic N) is 1. The molecule has 142 valence electrons. The van der Waals surface area contributed by atoms with Gasteiger partial charge in [-0.2, -0.15) is 0 Å². The molecule has 7 nitrogen and oxygen atoms in total. The SMILES string of the molecule is O=C1CCC(N2Cc3cccc(CN[C@@H]4C[C@@H]5CC[C@H]4N5)c3C2=O)C(=O)N1. The molecule has 3 N–H and O–H groups in total. The van der Waals surface area contributed by atoms with E-state index in [2.05, 4.69) is 16.0 Å². The highest BCUT2D eigenvalue weighted by molar-refractivity contribution is 6.05. The number of nitrogens with one attached hydrogen (secondary N) is 3.